The van der Waals surface area contributed by atoms with Crippen LogP contribution in [0.2, 0.25) is 5.02 Å². The van der Waals surface area contributed by atoms with Crippen molar-refractivity contribution in [2.24, 2.45) is 0 Å². The van der Waals surface area contributed by atoms with Gasteiger partial charge in [0.15, 0.2) is 0 Å². The van der Waals surface area contributed by atoms with Crippen molar-refractivity contribution in [1.29, 1.82) is 0 Å². The predicted octanol–water partition coefficient (Wildman–Crippen LogP) is 3.45. The summed E-state index contributed by atoms with van der Waals surface area (Å²) in [6.45, 7) is 0.535. The zero-order valence-electron chi connectivity index (χ0n) is 8.91. The van der Waals surface area contributed by atoms with Gasteiger partial charge in [0.05, 0.1) is 12.0 Å². The Kier molecular flexibility index (Phi) is 3.92. The van der Waals surface area contributed by atoms with Gasteiger partial charge in [0.1, 0.15) is 22.6 Å². The molecule has 0 radical (unpaired) electrons. The van der Waals surface area contributed by atoms with E-state index in [4.69, 9.17) is 32.4 Å². The maximum Gasteiger partial charge on any atom is 0.211 e. The molecule has 0 aliphatic rings. The summed E-state index contributed by atoms with van der Waals surface area (Å²) in [6.07, 6.45) is 2.00. The van der Waals surface area contributed by atoms with E-state index in [-0.39, 0.29) is 10.5 Å². The van der Waals surface area contributed by atoms with Crippen LogP contribution in [0.4, 0.5) is 0 Å². The molecule has 0 unspecified atom stereocenters. The molecule has 0 spiro atoms. The van der Waals surface area contributed by atoms with Crippen molar-refractivity contribution in [1.82, 2.24) is 0 Å². The van der Waals surface area contributed by atoms with Gasteiger partial charge in [0.2, 0.25) is 5.43 Å². The molecule has 0 aliphatic heterocycles. The zero-order chi connectivity index (χ0) is 12.3. The summed E-state index contributed by atoms with van der Waals surface area (Å²) in [7, 11) is 0. The molecule has 0 N–H and O–H groups in total. The molecule has 0 saturated heterocycles. The predicted molar refractivity (Wildman–Crippen MR) is 68.3 cm³/mol. The van der Waals surface area contributed by atoms with E-state index in [1.165, 1.54) is 6.26 Å². The smallest absolute Gasteiger partial charge is 0.211 e. The molecule has 90 valence electrons. The number of rotatable bonds is 4. The minimum Gasteiger partial charge on any atom is -0.493 e. The topological polar surface area (TPSA) is 39.4 Å². The molecule has 2 rings (SSSR count). The molecule has 3 nitrogen and oxygen atoms in total. The van der Waals surface area contributed by atoms with Crippen LogP contribution < -0.4 is 10.2 Å². The van der Waals surface area contributed by atoms with Crippen molar-refractivity contribution in [2.75, 3.05) is 12.5 Å². The number of fused-ring (bicyclic) bond motifs is 1. The second-order valence-corrected chi connectivity index (χ2v) is 4.25. The van der Waals surface area contributed by atoms with Crippen LogP contribution in [0.1, 0.15) is 6.42 Å². The summed E-state index contributed by atoms with van der Waals surface area (Å²) < 4.78 is 10.7. The van der Waals surface area contributed by atoms with Crippen LogP contribution in [0.3, 0.4) is 0 Å². The molecular formula is C12H10Cl2O3. The minimum absolute atomic E-state index is 0.0771. The van der Waals surface area contributed by atoms with E-state index in [1.807, 2.05) is 0 Å². The van der Waals surface area contributed by atoms with E-state index >= 15 is 0 Å². The normalized spacial score (nSPS) is 10.7. The van der Waals surface area contributed by atoms with Gasteiger partial charge in [0, 0.05) is 11.9 Å². The Morgan fingerprint density at radius 3 is 2.94 bits per heavy atom. The number of alkyl halides is 1. The Morgan fingerprint density at radius 2 is 2.18 bits per heavy atom. The van der Waals surface area contributed by atoms with Gasteiger partial charge in [-0.3, -0.25) is 4.79 Å². The van der Waals surface area contributed by atoms with Gasteiger partial charge in [-0.05, 0) is 18.6 Å². The highest BCUT2D eigenvalue weighted by atomic mass is 35.5. The van der Waals surface area contributed by atoms with E-state index in [9.17, 15) is 4.79 Å². The highest BCUT2D eigenvalue weighted by molar-refractivity contribution is 6.30. The summed E-state index contributed by atoms with van der Waals surface area (Å²) in [5, 5.41) is 0.524. The number of ether oxygens (including phenoxy) is 1. The van der Waals surface area contributed by atoms with Crippen molar-refractivity contribution in [3.8, 4) is 5.75 Å². The Labute approximate surface area is 108 Å². The zero-order valence-corrected chi connectivity index (χ0v) is 10.4. The van der Waals surface area contributed by atoms with Crippen LogP contribution in [0, 0.1) is 0 Å². The molecule has 1 heterocycles. The van der Waals surface area contributed by atoms with Crippen LogP contribution >= 0.6 is 23.2 Å². The Hall–Kier alpha value is -1.19. The van der Waals surface area contributed by atoms with E-state index in [1.54, 1.807) is 18.2 Å². The summed E-state index contributed by atoms with van der Waals surface area (Å²) in [5.41, 5.74) is 0.225. The van der Waals surface area contributed by atoms with Crippen LogP contribution in [0.15, 0.2) is 33.7 Å². The van der Waals surface area contributed by atoms with Gasteiger partial charge in [-0.2, -0.15) is 0 Å². The average molecular weight is 273 g/mol. The molecule has 0 saturated carbocycles. The number of halogens is 2. The minimum atomic E-state index is -0.236. The van der Waals surface area contributed by atoms with Gasteiger partial charge in [-0.25, -0.2) is 0 Å². The first-order chi connectivity index (χ1) is 8.22. The van der Waals surface area contributed by atoms with Crippen molar-refractivity contribution in [2.45, 2.75) is 6.42 Å². The highest BCUT2D eigenvalue weighted by Gasteiger charge is 2.06. The van der Waals surface area contributed by atoms with Crippen molar-refractivity contribution in [3.05, 3.63) is 39.7 Å². The lowest BCUT2D eigenvalue weighted by atomic mass is 10.2. The lowest BCUT2D eigenvalue weighted by molar-refractivity contribution is 0.318. The second-order valence-electron chi connectivity index (χ2n) is 3.46. The molecule has 1 aromatic heterocycles. The van der Waals surface area contributed by atoms with Crippen LogP contribution in [-0.2, 0) is 0 Å². The fraction of sp³-hybridized carbons (Fsp3) is 0.250. The lowest BCUT2D eigenvalue weighted by Crippen LogP contribution is -2.02. The van der Waals surface area contributed by atoms with E-state index in [0.717, 1.165) is 6.42 Å². The van der Waals surface area contributed by atoms with Crippen molar-refractivity contribution in [3.63, 3.8) is 0 Å². The van der Waals surface area contributed by atoms with Crippen LogP contribution in [-0.4, -0.2) is 12.5 Å². The Balaban J connectivity index is 2.32. The maximum atomic E-state index is 11.6. The lowest BCUT2D eigenvalue weighted by Gasteiger charge is -2.05. The summed E-state index contributed by atoms with van der Waals surface area (Å²) in [6, 6.07) is 5.02. The standard InChI is InChI=1S/C12H10Cl2O3/c13-4-1-5-16-8-2-3-9-11(6-8)17-7-10(14)12(9)15/h2-3,6-7H,1,4-5H2. The van der Waals surface area contributed by atoms with E-state index in [2.05, 4.69) is 0 Å². The summed E-state index contributed by atoms with van der Waals surface area (Å²) >= 11 is 11.2. The SMILES string of the molecule is O=c1c(Cl)coc2cc(OCCCCl)ccc12. The molecule has 0 aliphatic carbocycles. The van der Waals surface area contributed by atoms with Gasteiger partial charge >= 0.3 is 0 Å². The number of hydrogen-bond donors (Lipinski definition) is 0. The van der Waals surface area contributed by atoms with Gasteiger partial charge < -0.3 is 9.15 Å². The number of hydrogen-bond acceptors (Lipinski definition) is 3. The Morgan fingerprint density at radius 1 is 1.35 bits per heavy atom. The summed E-state index contributed by atoms with van der Waals surface area (Å²) in [4.78, 5) is 11.6. The van der Waals surface area contributed by atoms with Crippen LogP contribution in [0.25, 0.3) is 11.0 Å². The van der Waals surface area contributed by atoms with Crippen molar-refractivity contribution >= 4 is 34.2 Å². The fourth-order valence-electron chi connectivity index (χ4n) is 1.42. The second kappa shape index (κ2) is 5.43. The quantitative estimate of drug-likeness (QED) is 0.632. The molecule has 2 aromatic rings. The van der Waals surface area contributed by atoms with E-state index < -0.39 is 0 Å². The third-order valence-electron chi connectivity index (χ3n) is 2.25. The molecule has 0 atom stereocenters. The first-order valence-corrected chi connectivity index (χ1v) is 6.03. The molecular weight excluding hydrogens is 263 g/mol. The molecule has 0 bridgehead atoms. The van der Waals surface area contributed by atoms with Gasteiger partial charge in [-0.1, -0.05) is 11.6 Å². The fourth-order valence-corrected chi connectivity index (χ4v) is 1.67. The largest absolute Gasteiger partial charge is 0.493 e. The monoisotopic (exact) mass is 272 g/mol. The molecule has 0 amide bonds. The first kappa shape index (κ1) is 12.3. The van der Waals surface area contributed by atoms with Gasteiger partial charge in [-0.15, -0.1) is 11.6 Å². The maximum absolute atomic E-state index is 11.6. The first-order valence-electron chi connectivity index (χ1n) is 5.12. The Bertz CT molecular complexity index is 577. The molecule has 0 fully saturated rings. The third kappa shape index (κ3) is 2.73. The van der Waals surface area contributed by atoms with Gasteiger partial charge in [0.25, 0.3) is 0 Å². The average Bonchev–Trinajstić information content (AvgIpc) is 2.34. The molecule has 5 heteroatoms. The third-order valence-corrected chi connectivity index (χ3v) is 2.78. The van der Waals surface area contributed by atoms with Crippen molar-refractivity contribution < 1.29 is 9.15 Å². The number of benzene rings is 1. The van der Waals surface area contributed by atoms with Crippen LogP contribution in [0.5, 0.6) is 5.75 Å². The summed E-state index contributed by atoms with van der Waals surface area (Å²) in [5.74, 6) is 1.20. The molecule has 17 heavy (non-hydrogen) atoms. The van der Waals surface area contributed by atoms with E-state index in [0.29, 0.717) is 29.2 Å². The molecule has 1 aromatic carbocycles. The highest BCUT2D eigenvalue weighted by Crippen LogP contribution is 2.20.